The summed E-state index contributed by atoms with van der Waals surface area (Å²) >= 11 is 1.68. The van der Waals surface area contributed by atoms with E-state index in [-0.39, 0.29) is 23.5 Å². The molecule has 0 spiro atoms. The van der Waals surface area contributed by atoms with Crippen molar-refractivity contribution < 1.29 is 9.90 Å². The van der Waals surface area contributed by atoms with Crippen LogP contribution in [0.5, 0.6) is 0 Å². The molecule has 1 amide bonds. The molecule has 1 atom stereocenters. The van der Waals surface area contributed by atoms with Gasteiger partial charge in [0.15, 0.2) is 0 Å². The van der Waals surface area contributed by atoms with Crippen LogP contribution in [0.25, 0.3) is 0 Å². The van der Waals surface area contributed by atoms with Crippen LogP contribution in [-0.2, 0) is 4.79 Å². The fourth-order valence-electron chi connectivity index (χ4n) is 2.66. The van der Waals surface area contributed by atoms with E-state index < -0.39 is 0 Å². The second kappa shape index (κ2) is 6.90. The summed E-state index contributed by atoms with van der Waals surface area (Å²) < 4.78 is 0. The maximum Gasteiger partial charge on any atom is 0.234 e. The Morgan fingerprint density at radius 2 is 2.14 bits per heavy atom. The van der Waals surface area contributed by atoms with Crippen molar-refractivity contribution in [3.63, 3.8) is 0 Å². The van der Waals surface area contributed by atoms with Crippen molar-refractivity contribution in [3.8, 4) is 0 Å². The Balaban J connectivity index is 1.93. The summed E-state index contributed by atoms with van der Waals surface area (Å²) in [5, 5.41) is 14.7. The lowest BCUT2D eigenvalue weighted by molar-refractivity contribution is -0.124. The third-order valence-electron chi connectivity index (χ3n) is 3.92. The van der Waals surface area contributed by atoms with Crippen molar-refractivity contribution in [1.82, 2.24) is 10.2 Å². The Morgan fingerprint density at radius 1 is 1.48 bits per heavy atom. The molecule has 1 aromatic rings. The van der Waals surface area contributed by atoms with Crippen LogP contribution in [0.4, 0.5) is 0 Å². The highest BCUT2D eigenvalue weighted by atomic mass is 32.1. The summed E-state index contributed by atoms with van der Waals surface area (Å²) in [7, 11) is 0. The number of piperidine rings is 1. The second-order valence-electron chi connectivity index (χ2n) is 6.89. The summed E-state index contributed by atoms with van der Waals surface area (Å²) in [5.74, 6) is 0.0692. The number of carbonyl (C=O) groups excluding carboxylic acids is 1. The zero-order valence-electron chi connectivity index (χ0n) is 13.1. The Kier molecular flexibility index (Phi) is 5.41. The first-order valence-electron chi connectivity index (χ1n) is 7.59. The van der Waals surface area contributed by atoms with Crippen molar-refractivity contribution >= 4 is 17.2 Å². The van der Waals surface area contributed by atoms with Crippen LogP contribution in [0.2, 0.25) is 0 Å². The molecular weight excluding hydrogens is 284 g/mol. The molecule has 0 aliphatic carbocycles. The van der Waals surface area contributed by atoms with E-state index in [1.807, 2.05) is 11.4 Å². The third-order valence-corrected chi connectivity index (χ3v) is 4.86. The zero-order valence-corrected chi connectivity index (χ0v) is 13.9. The highest BCUT2D eigenvalue weighted by Crippen LogP contribution is 2.35. The van der Waals surface area contributed by atoms with E-state index in [9.17, 15) is 9.90 Å². The van der Waals surface area contributed by atoms with Gasteiger partial charge in [0.2, 0.25) is 5.91 Å². The van der Waals surface area contributed by atoms with Gasteiger partial charge in [-0.2, -0.15) is 0 Å². The molecule has 0 saturated carbocycles. The Morgan fingerprint density at radius 3 is 2.67 bits per heavy atom. The molecule has 21 heavy (non-hydrogen) atoms. The van der Waals surface area contributed by atoms with E-state index in [0.29, 0.717) is 6.54 Å². The number of likely N-dealkylation sites (tertiary alicyclic amines) is 1. The Bertz CT molecular complexity index is 445. The quantitative estimate of drug-likeness (QED) is 0.898. The highest BCUT2D eigenvalue weighted by Gasteiger charge is 2.29. The standard InChI is InChI=1S/C16H26N2O2S/c1-16(2,3)15(13-5-4-10-21-13)17-14(20)11-18-8-6-12(19)7-9-18/h4-5,10,12,15,19H,6-9,11H2,1-3H3,(H,17,20). The van der Waals surface area contributed by atoms with Crippen LogP contribution in [-0.4, -0.2) is 41.7 Å². The van der Waals surface area contributed by atoms with E-state index in [0.717, 1.165) is 25.9 Å². The lowest BCUT2D eigenvalue weighted by atomic mass is 9.85. The molecule has 4 nitrogen and oxygen atoms in total. The average molecular weight is 310 g/mol. The van der Waals surface area contributed by atoms with Crippen LogP contribution >= 0.6 is 11.3 Å². The third kappa shape index (κ3) is 4.80. The fraction of sp³-hybridized carbons (Fsp3) is 0.688. The van der Waals surface area contributed by atoms with E-state index >= 15 is 0 Å². The largest absolute Gasteiger partial charge is 0.393 e. The predicted molar refractivity (Wildman–Crippen MR) is 86.3 cm³/mol. The summed E-state index contributed by atoms with van der Waals surface area (Å²) in [6.07, 6.45) is 1.33. The number of aliphatic hydroxyl groups is 1. The second-order valence-corrected chi connectivity index (χ2v) is 7.87. The van der Waals surface area contributed by atoms with Gasteiger partial charge in [0.25, 0.3) is 0 Å². The minimum absolute atomic E-state index is 0.0153. The molecule has 118 valence electrons. The number of hydrogen-bond donors (Lipinski definition) is 2. The molecule has 0 aromatic carbocycles. The van der Waals surface area contributed by atoms with Crippen molar-refractivity contribution in [2.24, 2.45) is 5.41 Å². The molecule has 0 bridgehead atoms. The molecule has 1 unspecified atom stereocenters. The summed E-state index contributed by atoms with van der Waals surface area (Å²) in [4.78, 5) is 15.7. The highest BCUT2D eigenvalue weighted by molar-refractivity contribution is 7.10. The van der Waals surface area contributed by atoms with Crippen LogP contribution < -0.4 is 5.32 Å². The summed E-state index contributed by atoms with van der Waals surface area (Å²) in [6, 6.07) is 4.15. The first-order chi connectivity index (χ1) is 9.86. The smallest absolute Gasteiger partial charge is 0.234 e. The molecule has 1 saturated heterocycles. The zero-order chi connectivity index (χ0) is 15.5. The summed E-state index contributed by atoms with van der Waals surface area (Å²) in [6.45, 7) is 8.46. The van der Waals surface area contributed by atoms with Gasteiger partial charge in [-0.25, -0.2) is 0 Å². The number of nitrogens with one attached hydrogen (secondary N) is 1. The molecule has 0 radical (unpaired) electrons. The number of amides is 1. The first kappa shape index (κ1) is 16.5. The topological polar surface area (TPSA) is 52.6 Å². The molecule has 2 N–H and O–H groups in total. The monoisotopic (exact) mass is 310 g/mol. The number of aliphatic hydroxyl groups excluding tert-OH is 1. The molecular formula is C16H26N2O2S. The van der Waals surface area contributed by atoms with Gasteiger partial charge < -0.3 is 10.4 Å². The number of carbonyl (C=O) groups is 1. The fourth-order valence-corrected chi connectivity index (χ4v) is 3.68. The van der Waals surface area contributed by atoms with Gasteiger partial charge in [-0.15, -0.1) is 11.3 Å². The number of thiophene rings is 1. The minimum atomic E-state index is -0.197. The van der Waals surface area contributed by atoms with Crippen LogP contribution in [0.1, 0.15) is 44.5 Å². The average Bonchev–Trinajstić information content (AvgIpc) is 2.91. The molecule has 2 heterocycles. The maximum absolute atomic E-state index is 12.3. The maximum atomic E-state index is 12.3. The molecule has 2 rings (SSSR count). The van der Waals surface area contributed by atoms with Gasteiger partial charge >= 0.3 is 0 Å². The molecule has 1 aliphatic heterocycles. The van der Waals surface area contributed by atoms with Gasteiger partial charge in [0.05, 0.1) is 18.7 Å². The van der Waals surface area contributed by atoms with Crippen molar-refractivity contribution in [2.45, 2.75) is 45.8 Å². The lowest BCUT2D eigenvalue weighted by Gasteiger charge is -2.33. The number of nitrogens with zero attached hydrogens (tertiary/aromatic N) is 1. The van der Waals surface area contributed by atoms with E-state index in [2.05, 4.69) is 37.1 Å². The molecule has 1 aromatic heterocycles. The predicted octanol–water partition coefficient (Wildman–Crippen LogP) is 2.41. The van der Waals surface area contributed by atoms with Gasteiger partial charge in [-0.05, 0) is 29.7 Å². The van der Waals surface area contributed by atoms with Gasteiger partial charge in [0.1, 0.15) is 0 Å². The number of rotatable bonds is 4. The van der Waals surface area contributed by atoms with Crippen LogP contribution in [0.3, 0.4) is 0 Å². The van der Waals surface area contributed by atoms with Gasteiger partial charge in [0, 0.05) is 18.0 Å². The van der Waals surface area contributed by atoms with Crippen LogP contribution in [0.15, 0.2) is 17.5 Å². The Hall–Kier alpha value is -0.910. The van der Waals surface area contributed by atoms with Crippen LogP contribution in [0, 0.1) is 5.41 Å². The van der Waals surface area contributed by atoms with Crippen molar-refractivity contribution in [1.29, 1.82) is 0 Å². The van der Waals surface area contributed by atoms with Gasteiger partial charge in [-0.3, -0.25) is 9.69 Å². The van der Waals surface area contributed by atoms with E-state index in [1.165, 1.54) is 4.88 Å². The molecule has 1 aliphatic rings. The molecule has 1 fully saturated rings. The SMILES string of the molecule is CC(C)(C)C(NC(=O)CN1CCC(O)CC1)c1cccs1. The van der Waals surface area contributed by atoms with Gasteiger partial charge in [-0.1, -0.05) is 26.8 Å². The lowest BCUT2D eigenvalue weighted by Crippen LogP contribution is -2.45. The van der Waals surface area contributed by atoms with E-state index in [1.54, 1.807) is 11.3 Å². The minimum Gasteiger partial charge on any atom is -0.393 e. The first-order valence-corrected chi connectivity index (χ1v) is 8.47. The summed E-state index contributed by atoms with van der Waals surface area (Å²) in [5.41, 5.74) is -0.0153. The number of hydrogen-bond acceptors (Lipinski definition) is 4. The van der Waals surface area contributed by atoms with E-state index in [4.69, 9.17) is 0 Å². The van der Waals surface area contributed by atoms with Crippen molar-refractivity contribution in [3.05, 3.63) is 22.4 Å². The normalized spacial score (nSPS) is 19.4. The molecule has 5 heteroatoms. The Labute approximate surface area is 131 Å². The van der Waals surface area contributed by atoms with Crippen molar-refractivity contribution in [2.75, 3.05) is 19.6 Å².